The molecule has 3 atom stereocenters. The van der Waals surface area contributed by atoms with Crippen molar-refractivity contribution in [3.63, 3.8) is 0 Å². The van der Waals surface area contributed by atoms with Gasteiger partial charge in [0.2, 0.25) is 0 Å². The highest BCUT2D eigenvalue weighted by Crippen LogP contribution is 2.49. The number of amides is 2. The van der Waals surface area contributed by atoms with Crippen LogP contribution in [0.1, 0.15) is 79.4 Å². The largest absolute Gasteiger partial charge is 0.443 e. The first-order valence-corrected chi connectivity index (χ1v) is 17.0. The fourth-order valence-corrected chi connectivity index (χ4v) is 7.83. The van der Waals surface area contributed by atoms with Gasteiger partial charge >= 0.3 is 12.2 Å². The number of unbranched alkanes of at least 4 members (excludes halogenated alkanes) is 1. The lowest BCUT2D eigenvalue weighted by atomic mass is 9.85. The van der Waals surface area contributed by atoms with Crippen molar-refractivity contribution in [3.05, 3.63) is 71.3 Å². The van der Waals surface area contributed by atoms with Crippen molar-refractivity contribution in [1.82, 2.24) is 4.90 Å². The molecule has 2 unspecified atom stereocenters. The second-order valence-electron chi connectivity index (χ2n) is 13.6. The Morgan fingerprint density at radius 3 is 1.98 bits per heavy atom. The molecule has 2 aromatic rings. The summed E-state index contributed by atoms with van der Waals surface area (Å²) in [5, 5.41) is -1.61. The summed E-state index contributed by atoms with van der Waals surface area (Å²) in [4.78, 5) is 33.4. The van der Waals surface area contributed by atoms with E-state index in [1.165, 1.54) is 44.4 Å². The summed E-state index contributed by atoms with van der Waals surface area (Å²) in [5.74, 6) is -2.08. The van der Waals surface area contributed by atoms with Crippen LogP contribution in [0.15, 0.2) is 53.5 Å². The molecule has 0 aromatic heterocycles. The second-order valence-corrected chi connectivity index (χ2v) is 16.0. The number of carbonyl (C=O) groups excluding carboxylic acids is 2. The van der Waals surface area contributed by atoms with Crippen molar-refractivity contribution in [2.75, 3.05) is 26.9 Å². The summed E-state index contributed by atoms with van der Waals surface area (Å²) in [6.45, 7) is 11.9. The summed E-state index contributed by atoms with van der Waals surface area (Å²) in [7, 11) is -3.44. The highest BCUT2D eigenvalue weighted by Gasteiger charge is 2.65. The molecule has 2 aromatic carbocycles. The molecule has 0 bridgehead atoms. The summed E-state index contributed by atoms with van der Waals surface area (Å²) in [6.07, 6.45) is -1.20. The highest BCUT2D eigenvalue weighted by molar-refractivity contribution is 7.94. The molecule has 1 aliphatic rings. The minimum absolute atomic E-state index is 0.0232. The molecule has 10 nitrogen and oxygen atoms in total. The highest BCUT2D eigenvalue weighted by atomic mass is 32.2. The maximum absolute atomic E-state index is 15.9. The van der Waals surface area contributed by atoms with Gasteiger partial charge in [-0.1, -0.05) is 43.7 Å². The van der Waals surface area contributed by atoms with Gasteiger partial charge in [0.25, 0.3) is 0 Å². The lowest BCUT2D eigenvalue weighted by molar-refractivity contribution is 0.0131. The Morgan fingerprint density at radius 1 is 0.936 bits per heavy atom. The van der Waals surface area contributed by atoms with Gasteiger partial charge in [-0.3, -0.25) is 4.99 Å². The summed E-state index contributed by atoms with van der Waals surface area (Å²) < 4.78 is 81.0. The lowest BCUT2D eigenvalue weighted by Crippen LogP contribution is -2.66. The van der Waals surface area contributed by atoms with Crippen LogP contribution in [-0.4, -0.2) is 74.7 Å². The van der Waals surface area contributed by atoms with Gasteiger partial charge in [0.15, 0.2) is 14.6 Å². The zero-order chi connectivity index (χ0) is 35.4. The summed E-state index contributed by atoms with van der Waals surface area (Å²) in [6, 6.07) is 10.0. The Morgan fingerprint density at radius 2 is 1.49 bits per heavy atom. The third-order valence-corrected chi connectivity index (χ3v) is 10.4. The number of sulfone groups is 1. The van der Waals surface area contributed by atoms with Crippen LogP contribution in [0, 0.1) is 11.6 Å². The van der Waals surface area contributed by atoms with Crippen LogP contribution in [0.3, 0.4) is 0 Å². The van der Waals surface area contributed by atoms with Crippen LogP contribution in [-0.2, 0) is 39.1 Å². The minimum Gasteiger partial charge on any atom is -0.443 e. The number of amidine groups is 1. The maximum atomic E-state index is 15.9. The van der Waals surface area contributed by atoms with E-state index in [0.717, 1.165) is 24.6 Å². The molecular weight excluding hydrogens is 634 g/mol. The molecule has 0 N–H and O–H groups in total. The van der Waals surface area contributed by atoms with Gasteiger partial charge in [-0.05, 0) is 78.6 Å². The Labute approximate surface area is 276 Å². The molecule has 0 spiro atoms. The zero-order valence-electron chi connectivity index (χ0n) is 28.6. The van der Waals surface area contributed by atoms with Gasteiger partial charge in [-0.25, -0.2) is 26.8 Å². The smallest absolute Gasteiger partial charge is 0.425 e. The zero-order valence-corrected chi connectivity index (χ0v) is 29.4. The molecular formula is C34H46F2N2O8S. The van der Waals surface area contributed by atoms with E-state index in [0.29, 0.717) is 11.3 Å². The molecule has 0 aliphatic carbocycles. The molecule has 0 saturated carbocycles. The van der Waals surface area contributed by atoms with Gasteiger partial charge < -0.3 is 18.9 Å². The summed E-state index contributed by atoms with van der Waals surface area (Å²) >= 11 is 0. The molecule has 13 heteroatoms. The third-order valence-electron chi connectivity index (χ3n) is 7.59. The Bertz CT molecular complexity index is 1540. The van der Waals surface area contributed by atoms with Crippen LogP contribution in [0.25, 0.3) is 0 Å². The number of ether oxygens (including phenoxy) is 4. The number of rotatable bonds is 9. The second kappa shape index (κ2) is 14.4. The lowest BCUT2D eigenvalue weighted by Gasteiger charge is -2.49. The Balaban J connectivity index is 2.59. The molecule has 1 aliphatic heterocycles. The van der Waals surface area contributed by atoms with Crippen molar-refractivity contribution < 1.29 is 45.7 Å². The summed E-state index contributed by atoms with van der Waals surface area (Å²) in [5.41, 5.74) is -4.56. The van der Waals surface area contributed by atoms with Gasteiger partial charge in [-0.2, -0.15) is 4.90 Å². The van der Waals surface area contributed by atoms with Crippen molar-refractivity contribution in [3.8, 4) is 0 Å². The monoisotopic (exact) mass is 680 g/mol. The fourth-order valence-electron chi connectivity index (χ4n) is 5.33. The van der Waals surface area contributed by atoms with E-state index >= 15 is 12.8 Å². The minimum atomic E-state index is -4.74. The van der Waals surface area contributed by atoms with Crippen LogP contribution >= 0.6 is 0 Å². The Hall–Kier alpha value is -3.42. The normalized spacial score (nSPS) is 22.7. The number of hydrogen-bond acceptors (Lipinski definition) is 9. The van der Waals surface area contributed by atoms with E-state index in [-0.39, 0.29) is 17.7 Å². The maximum Gasteiger partial charge on any atom is 0.425 e. The van der Waals surface area contributed by atoms with Gasteiger partial charge in [0.1, 0.15) is 39.5 Å². The fraction of sp³-hybridized carbons (Fsp3) is 0.559. The number of methoxy groups -OCH3 is 1. The van der Waals surface area contributed by atoms with Crippen molar-refractivity contribution >= 4 is 27.9 Å². The first-order chi connectivity index (χ1) is 21.7. The third kappa shape index (κ3) is 8.01. The number of halogens is 2. The molecule has 0 radical (unpaired) electrons. The quantitative estimate of drug-likeness (QED) is 0.262. The van der Waals surface area contributed by atoms with Crippen molar-refractivity contribution in [1.29, 1.82) is 0 Å². The van der Waals surface area contributed by atoms with E-state index in [2.05, 4.69) is 0 Å². The predicted molar refractivity (Wildman–Crippen MR) is 174 cm³/mol. The van der Waals surface area contributed by atoms with Crippen LogP contribution in [0.5, 0.6) is 0 Å². The van der Waals surface area contributed by atoms with Crippen LogP contribution in [0.4, 0.5) is 18.4 Å². The molecule has 3 rings (SSSR count). The van der Waals surface area contributed by atoms with Crippen molar-refractivity contribution in [2.24, 2.45) is 4.99 Å². The topological polar surface area (TPSA) is 121 Å². The first-order valence-electron chi connectivity index (χ1n) is 15.4. The molecule has 1 heterocycles. The van der Waals surface area contributed by atoms with Crippen LogP contribution in [0.2, 0.25) is 0 Å². The first kappa shape index (κ1) is 38.0. The average Bonchev–Trinajstić information content (AvgIpc) is 2.94. The van der Waals surface area contributed by atoms with E-state index in [9.17, 15) is 14.0 Å². The predicted octanol–water partition coefficient (Wildman–Crippen LogP) is 6.91. The molecule has 2 amide bonds. The molecule has 260 valence electrons. The van der Waals surface area contributed by atoms with Gasteiger partial charge in [-0.15, -0.1) is 0 Å². The van der Waals surface area contributed by atoms with E-state index in [1.54, 1.807) is 41.5 Å². The average molecular weight is 681 g/mol. The molecule has 47 heavy (non-hydrogen) atoms. The number of carbonyl (C=O) groups is 2. The van der Waals surface area contributed by atoms with E-state index < -0.39 is 79.4 Å². The van der Waals surface area contributed by atoms with Gasteiger partial charge in [0, 0.05) is 19.3 Å². The number of benzene rings is 2. The van der Waals surface area contributed by atoms with Crippen LogP contribution < -0.4 is 0 Å². The Kier molecular flexibility index (Phi) is 11.6. The molecule has 0 fully saturated rings. The number of hydrogen-bond donors (Lipinski definition) is 0. The number of imide groups is 1. The number of aliphatic imine (C=N–C) groups is 1. The number of nitrogens with zero attached hydrogens (tertiary/aromatic N) is 2. The standard InChI is InChI=1S/C34H46F2N2O8S/c1-10-11-20-44-22-34(25-14-12-13-15-26(25)36)27(21-43-9)47(41,42)33(8,23-16-18-24(35)19-17-23)28(37-34)38(29(39)45-31(2,3)4)30(40)46-32(5,6)7/h12-19,27H,10-11,20-22H2,1-9H3/t27?,33?,34-/m1/s1. The van der Waals surface area contributed by atoms with Gasteiger partial charge in [0.05, 0.1) is 13.2 Å². The van der Waals surface area contributed by atoms with E-state index in [1.807, 2.05) is 6.92 Å². The van der Waals surface area contributed by atoms with E-state index in [4.69, 9.17) is 23.9 Å². The molecule has 0 saturated heterocycles. The van der Waals surface area contributed by atoms with Crippen molar-refractivity contribution in [2.45, 2.75) is 95.0 Å². The SMILES string of the molecule is CCCCOC[C@]1(c2ccccc2F)N=C(N(C(=O)OC(C)(C)C)C(=O)OC(C)(C)C)C(C)(c2ccc(F)cc2)S(=O)(=O)C1COC.